The fourth-order valence-corrected chi connectivity index (χ4v) is 0.400. The summed E-state index contributed by atoms with van der Waals surface area (Å²) in [6.45, 7) is 0. The number of nitrogens with zero attached hydrogens (tertiary/aromatic N) is 2. The molecule has 0 fully saturated rings. The molecule has 0 aromatic carbocycles. The fourth-order valence-electron chi connectivity index (χ4n) is 0.400. The van der Waals surface area contributed by atoms with E-state index in [2.05, 4.69) is 0 Å². The first-order valence-electron chi connectivity index (χ1n) is 3.40. The molecular formula is C5H14BF4N3. The van der Waals surface area contributed by atoms with E-state index in [-0.39, 0.29) is 0 Å². The quantitative estimate of drug-likeness (QED) is 0.203. The molecule has 0 radical (unpaired) electrons. The minimum Gasteiger partial charge on any atom is -0.418 e. The smallest absolute Gasteiger partial charge is 0.418 e. The van der Waals surface area contributed by atoms with Crippen LogP contribution >= 0.6 is 0 Å². The summed E-state index contributed by atoms with van der Waals surface area (Å²) in [7, 11) is 1.65. The molecule has 0 bridgehead atoms. The average Bonchev–Trinajstić information content (AvgIpc) is 1.81. The Hall–Kier alpha value is -0.945. The van der Waals surface area contributed by atoms with Crippen molar-refractivity contribution in [3.8, 4) is 0 Å². The molecule has 0 heterocycles. The Bertz CT molecular complexity index is 167. The maximum Gasteiger partial charge on any atom is 0.673 e. The summed E-state index contributed by atoms with van der Waals surface area (Å²) in [6, 6.07) is 0. The number of nitrogens with two attached hydrogens (primary N) is 1. The van der Waals surface area contributed by atoms with Crippen molar-refractivity contribution in [1.82, 2.24) is 4.90 Å². The van der Waals surface area contributed by atoms with Crippen molar-refractivity contribution in [2.75, 3.05) is 28.2 Å². The second kappa shape index (κ2) is 5.66. The first-order chi connectivity index (χ1) is 5.55. The van der Waals surface area contributed by atoms with Crippen molar-refractivity contribution in [2.24, 2.45) is 5.73 Å². The molecule has 0 aliphatic carbocycles. The first kappa shape index (κ1) is 14.6. The maximum atomic E-state index is 9.75. The van der Waals surface area contributed by atoms with Gasteiger partial charge in [0.15, 0.2) is 0 Å². The highest BCUT2D eigenvalue weighted by molar-refractivity contribution is 6.50. The van der Waals surface area contributed by atoms with Crippen molar-refractivity contribution < 1.29 is 21.8 Å². The number of hydrogen-bond donors (Lipinski definition) is 1. The molecule has 8 heteroatoms. The average molecular weight is 203 g/mol. The lowest BCUT2D eigenvalue weighted by atomic mass is 10.3. The highest BCUT2D eigenvalue weighted by atomic mass is 19.5. The molecule has 0 saturated carbocycles. The fraction of sp³-hybridized carbons (Fsp3) is 0.800. The molecule has 0 rings (SSSR count). The Morgan fingerprint density at radius 2 is 1.38 bits per heavy atom. The van der Waals surface area contributed by atoms with E-state index in [9.17, 15) is 17.3 Å². The SMILES string of the molecule is CN(C)C(N)=[N+](C)C.F[B-](F)(F)F. The molecule has 2 N–H and O–H groups in total. The van der Waals surface area contributed by atoms with Crippen molar-refractivity contribution in [3.05, 3.63) is 0 Å². The zero-order valence-electron chi connectivity index (χ0n) is 8.06. The molecule has 80 valence electrons. The van der Waals surface area contributed by atoms with E-state index in [1.54, 1.807) is 0 Å². The van der Waals surface area contributed by atoms with E-state index >= 15 is 0 Å². The van der Waals surface area contributed by atoms with Gasteiger partial charge in [0.25, 0.3) is 0 Å². The van der Waals surface area contributed by atoms with E-state index in [1.807, 2.05) is 37.7 Å². The summed E-state index contributed by atoms with van der Waals surface area (Å²) < 4.78 is 40.9. The van der Waals surface area contributed by atoms with Crippen molar-refractivity contribution in [1.29, 1.82) is 0 Å². The Kier molecular flexibility index (Phi) is 6.34. The van der Waals surface area contributed by atoms with Gasteiger partial charge < -0.3 is 17.3 Å². The van der Waals surface area contributed by atoms with Gasteiger partial charge in [0, 0.05) is 0 Å². The predicted molar refractivity (Wildman–Crippen MR) is 45.2 cm³/mol. The number of guanidine groups is 1. The van der Waals surface area contributed by atoms with Gasteiger partial charge in [-0.1, -0.05) is 0 Å². The number of halogens is 4. The molecule has 0 aromatic heterocycles. The second-order valence-electron chi connectivity index (χ2n) is 2.64. The van der Waals surface area contributed by atoms with Gasteiger partial charge in [-0.05, 0) is 0 Å². The van der Waals surface area contributed by atoms with Gasteiger partial charge in [-0.2, -0.15) is 0 Å². The molecule has 3 nitrogen and oxygen atoms in total. The van der Waals surface area contributed by atoms with Crippen molar-refractivity contribution in [2.45, 2.75) is 0 Å². The Balaban J connectivity index is 0. The van der Waals surface area contributed by atoms with Crippen LogP contribution in [0.3, 0.4) is 0 Å². The zero-order valence-corrected chi connectivity index (χ0v) is 8.06. The van der Waals surface area contributed by atoms with Crippen LogP contribution in [0.1, 0.15) is 0 Å². The summed E-state index contributed by atoms with van der Waals surface area (Å²) in [5.74, 6) is 0.769. The van der Waals surface area contributed by atoms with Crippen LogP contribution in [0.15, 0.2) is 0 Å². The highest BCUT2D eigenvalue weighted by Gasteiger charge is 2.20. The van der Waals surface area contributed by atoms with Crippen LogP contribution < -0.4 is 5.73 Å². The van der Waals surface area contributed by atoms with Crippen LogP contribution in [-0.4, -0.2) is 50.9 Å². The molecule has 0 aliphatic heterocycles. The zero-order chi connectivity index (χ0) is 11.2. The standard InChI is InChI=1S/C5H13N3.BF4/c1-7(2)5(6)8(3)4;2-1(3,4)5/h6H,1-4H3;/q;-1/p+1. The minimum absolute atomic E-state index is 0.769. The second-order valence-corrected chi connectivity index (χ2v) is 2.64. The van der Waals surface area contributed by atoms with Gasteiger partial charge >= 0.3 is 13.2 Å². The minimum atomic E-state index is -6.00. The van der Waals surface area contributed by atoms with Gasteiger partial charge in [-0.25, -0.2) is 0 Å². The van der Waals surface area contributed by atoms with Gasteiger partial charge in [0.05, 0.1) is 28.2 Å². The predicted octanol–water partition coefficient (Wildman–Crippen LogP) is 0.435. The molecule has 0 unspecified atom stereocenters. The summed E-state index contributed by atoms with van der Waals surface area (Å²) in [4.78, 5) is 1.86. The van der Waals surface area contributed by atoms with Gasteiger partial charge in [0.2, 0.25) is 0 Å². The maximum absolute atomic E-state index is 9.75. The summed E-state index contributed by atoms with van der Waals surface area (Å²) in [5.41, 5.74) is 5.53. The summed E-state index contributed by atoms with van der Waals surface area (Å²) in [6.07, 6.45) is 0. The van der Waals surface area contributed by atoms with Crippen LogP contribution in [0.2, 0.25) is 0 Å². The largest absolute Gasteiger partial charge is 0.673 e. The van der Waals surface area contributed by atoms with Gasteiger partial charge in [-0.3, -0.25) is 15.2 Å². The molecule has 0 spiro atoms. The van der Waals surface area contributed by atoms with E-state index in [4.69, 9.17) is 5.73 Å². The molecule has 0 aliphatic rings. The monoisotopic (exact) mass is 203 g/mol. The summed E-state index contributed by atoms with van der Waals surface area (Å²) >= 11 is 0. The molecule has 13 heavy (non-hydrogen) atoms. The van der Waals surface area contributed by atoms with Crippen LogP contribution in [-0.2, 0) is 0 Å². The van der Waals surface area contributed by atoms with Crippen LogP contribution in [0.4, 0.5) is 17.3 Å². The van der Waals surface area contributed by atoms with Gasteiger partial charge in [-0.15, -0.1) is 0 Å². The van der Waals surface area contributed by atoms with Gasteiger partial charge in [0.1, 0.15) is 0 Å². The third-order valence-corrected chi connectivity index (χ3v) is 0.916. The Morgan fingerprint density at radius 1 is 1.15 bits per heavy atom. The lowest BCUT2D eigenvalue weighted by Crippen LogP contribution is -2.36. The third kappa shape index (κ3) is 18.2. The normalized spacial score (nSPS) is 9.85. The molecular weight excluding hydrogens is 189 g/mol. The van der Waals surface area contributed by atoms with Crippen LogP contribution in [0.5, 0.6) is 0 Å². The van der Waals surface area contributed by atoms with Crippen molar-refractivity contribution >= 4 is 13.2 Å². The molecule has 0 amide bonds. The molecule has 0 saturated heterocycles. The number of hydrogen-bond acceptors (Lipinski definition) is 0. The lowest BCUT2D eigenvalue weighted by molar-refractivity contribution is -0.470. The van der Waals surface area contributed by atoms with E-state index in [0.717, 1.165) is 5.96 Å². The molecule has 0 atom stereocenters. The summed E-state index contributed by atoms with van der Waals surface area (Å²) in [5, 5.41) is 0. The van der Waals surface area contributed by atoms with Crippen LogP contribution in [0, 0.1) is 0 Å². The van der Waals surface area contributed by atoms with E-state index < -0.39 is 7.25 Å². The van der Waals surface area contributed by atoms with Crippen molar-refractivity contribution in [3.63, 3.8) is 0 Å². The highest BCUT2D eigenvalue weighted by Crippen LogP contribution is 2.06. The Morgan fingerprint density at radius 3 is 1.38 bits per heavy atom. The Labute approximate surface area is 74.9 Å². The third-order valence-electron chi connectivity index (χ3n) is 0.916. The van der Waals surface area contributed by atoms with E-state index in [0.29, 0.717) is 0 Å². The van der Waals surface area contributed by atoms with E-state index in [1.165, 1.54) is 0 Å². The topological polar surface area (TPSA) is 32.3 Å². The molecule has 0 aromatic rings. The first-order valence-corrected chi connectivity index (χ1v) is 3.40. The van der Waals surface area contributed by atoms with Crippen LogP contribution in [0.25, 0.3) is 0 Å². The number of rotatable bonds is 0. The lowest BCUT2D eigenvalue weighted by Gasteiger charge is -2.04.